The Morgan fingerprint density at radius 1 is 1.14 bits per heavy atom. The van der Waals surface area contributed by atoms with Gasteiger partial charge in [-0.1, -0.05) is 26.0 Å². The number of ether oxygens (including phenoxy) is 1. The van der Waals surface area contributed by atoms with Gasteiger partial charge < -0.3 is 15.0 Å². The Morgan fingerprint density at radius 2 is 1.86 bits per heavy atom. The van der Waals surface area contributed by atoms with Crippen LogP contribution in [0.3, 0.4) is 0 Å². The Morgan fingerprint density at radius 3 is 2.52 bits per heavy atom. The Kier molecular flexibility index (Phi) is 5.96. The summed E-state index contributed by atoms with van der Waals surface area (Å²) in [6.45, 7) is 4.08. The van der Waals surface area contributed by atoms with Crippen LogP contribution in [0.5, 0.6) is 0 Å². The first-order valence-corrected chi connectivity index (χ1v) is 9.41. The maximum atomic E-state index is 13.9. The van der Waals surface area contributed by atoms with Gasteiger partial charge in [-0.2, -0.15) is 0 Å². The number of benzene rings is 2. The van der Waals surface area contributed by atoms with Crippen molar-refractivity contribution < 1.29 is 23.5 Å². The lowest BCUT2D eigenvalue weighted by Gasteiger charge is -2.27. The average Bonchev–Trinajstić information content (AvgIpc) is 3.14. The van der Waals surface area contributed by atoms with Crippen molar-refractivity contribution in [3.05, 3.63) is 65.0 Å². The van der Waals surface area contributed by atoms with E-state index < -0.39 is 23.7 Å². The Labute approximate surface area is 168 Å². The summed E-state index contributed by atoms with van der Waals surface area (Å²) < 4.78 is 18.7. The van der Waals surface area contributed by atoms with E-state index in [0.717, 1.165) is 5.56 Å². The van der Waals surface area contributed by atoms with Crippen molar-refractivity contribution in [2.24, 2.45) is 5.92 Å². The number of nitrogens with zero attached hydrogens (tertiary/aromatic N) is 1. The van der Waals surface area contributed by atoms with E-state index in [1.807, 2.05) is 13.8 Å². The number of hydrogen-bond donors (Lipinski definition) is 1. The molecule has 0 fully saturated rings. The molecule has 1 heterocycles. The lowest BCUT2D eigenvalue weighted by Crippen LogP contribution is -2.51. The third-order valence-electron chi connectivity index (χ3n) is 5.00. The quantitative estimate of drug-likeness (QED) is 0.786. The molecule has 0 aliphatic carbocycles. The molecule has 2 aromatic rings. The smallest absolute Gasteiger partial charge is 0.337 e. The molecule has 2 aromatic carbocycles. The highest BCUT2D eigenvalue weighted by Crippen LogP contribution is 2.30. The third kappa shape index (κ3) is 4.13. The van der Waals surface area contributed by atoms with Gasteiger partial charge in [-0.15, -0.1) is 0 Å². The van der Waals surface area contributed by atoms with Crippen molar-refractivity contribution in [2.75, 3.05) is 18.6 Å². The van der Waals surface area contributed by atoms with Crippen LogP contribution in [-0.4, -0.2) is 37.5 Å². The number of esters is 1. The van der Waals surface area contributed by atoms with E-state index in [4.69, 9.17) is 4.74 Å². The molecular weight excluding hydrogens is 375 g/mol. The molecule has 0 spiro atoms. The largest absolute Gasteiger partial charge is 0.465 e. The first-order valence-electron chi connectivity index (χ1n) is 9.41. The lowest BCUT2D eigenvalue weighted by atomic mass is 10.0. The molecule has 0 radical (unpaired) electrons. The number of carbonyl (C=O) groups is 3. The zero-order chi connectivity index (χ0) is 21.1. The molecule has 1 aliphatic heterocycles. The van der Waals surface area contributed by atoms with Crippen LogP contribution in [-0.2, 0) is 16.0 Å². The predicted octanol–water partition coefficient (Wildman–Crippen LogP) is 2.96. The minimum atomic E-state index is -0.812. The first-order chi connectivity index (χ1) is 13.8. The zero-order valence-electron chi connectivity index (χ0n) is 16.6. The van der Waals surface area contributed by atoms with Crippen LogP contribution in [0.25, 0.3) is 0 Å². The second-order valence-electron chi connectivity index (χ2n) is 7.25. The average molecular weight is 398 g/mol. The van der Waals surface area contributed by atoms with E-state index in [2.05, 4.69) is 5.32 Å². The zero-order valence-corrected chi connectivity index (χ0v) is 16.6. The SMILES string of the molecule is COC(=O)c1ccc2c(c1)CCN2C(=O)[C@@H](NC(=O)c1ccccc1F)C(C)C. The summed E-state index contributed by atoms with van der Waals surface area (Å²) in [4.78, 5) is 39.1. The summed E-state index contributed by atoms with van der Waals surface area (Å²) in [6.07, 6.45) is 0.595. The molecule has 3 rings (SSSR count). The number of methoxy groups -OCH3 is 1. The van der Waals surface area contributed by atoms with Gasteiger partial charge in [0, 0.05) is 12.2 Å². The summed E-state index contributed by atoms with van der Waals surface area (Å²) in [5.74, 6) is -2.17. The molecule has 0 aromatic heterocycles. The highest BCUT2D eigenvalue weighted by atomic mass is 19.1. The van der Waals surface area contributed by atoms with Crippen molar-refractivity contribution in [2.45, 2.75) is 26.3 Å². The first kappa shape index (κ1) is 20.5. The molecule has 152 valence electrons. The van der Waals surface area contributed by atoms with E-state index in [-0.39, 0.29) is 17.4 Å². The second-order valence-corrected chi connectivity index (χ2v) is 7.25. The highest BCUT2D eigenvalue weighted by molar-refractivity contribution is 6.04. The number of hydrogen-bond acceptors (Lipinski definition) is 4. The molecule has 7 heteroatoms. The van der Waals surface area contributed by atoms with Crippen LogP contribution in [0, 0.1) is 11.7 Å². The fourth-order valence-corrected chi connectivity index (χ4v) is 3.42. The molecule has 0 bridgehead atoms. The van der Waals surface area contributed by atoms with Crippen molar-refractivity contribution in [1.82, 2.24) is 5.32 Å². The molecule has 1 aliphatic rings. The van der Waals surface area contributed by atoms with Crippen LogP contribution in [0.2, 0.25) is 0 Å². The second kappa shape index (κ2) is 8.43. The molecule has 0 saturated carbocycles. The molecule has 6 nitrogen and oxygen atoms in total. The van der Waals surface area contributed by atoms with Crippen molar-refractivity contribution in [1.29, 1.82) is 0 Å². The summed E-state index contributed by atoms with van der Waals surface area (Å²) >= 11 is 0. The van der Waals surface area contributed by atoms with E-state index >= 15 is 0 Å². The van der Waals surface area contributed by atoms with Gasteiger partial charge in [-0.3, -0.25) is 9.59 Å². The van der Waals surface area contributed by atoms with Gasteiger partial charge in [-0.25, -0.2) is 9.18 Å². The number of halogens is 1. The van der Waals surface area contributed by atoms with Gasteiger partial charge in [0.05, 0.1) is 18.2 Å². The maximum absolute atomic E-state index is 13.9. The number of amides is 2. The number of nitrogens with one attached hydrogen (secondary N) is 1. The monoisotopic (exact) mass is 398 g/mol. The maximum Gasteiger partial charge on any atom is 0.337 e. The number of carbonyl (C=O) groups excluding carboxylic acids is 3. The molecule has 1 N–H and O–H groups in total. The standard InChI is InChI=1S/C22H23FN2O4/c1-13(2)19(24-20(26)16-6-4-5-7-17(16)23)21(27)25-11-10-14-12-15(22(28)29-3)8-9-18(14)25/h4-9,12-13,19H,10-11H2,1-3H3,(H,24,26)/t19-/m0/s1. The third-order valence-corrected chi connectivity index (χ3v) is 5.00. The number of anilines is 1. The Balaban J connectivity index is 1.82. The fraction of sp³-hybridized carbons (Fsp3) is 0.318. The van der Waals surface area contributed by atoms with E-state index in [1.54, 1.807) is 29.2 Å². The summed E-state index contributed by atoms with van der Waals surface area (Å²) in [6, 6.07) is 9.88. The molecular formula is C22H23FN2O4. The Bertz CT molecular complexity index is 958. The van der Waals surface area contributed by atoms with Crippen LogP contribution >= 0.6 is 0 Å². The molecule has 1 atom stereocenters. The molecule has 0 saturated heterocycles. The topological polar surface area (TPSA) is 75.7 Å². The van der Waals surface area contributed by atoms with Crippen LogP contribution in [0.4, 0.5) is 10.1 Å². The highest BCUT2D eigenvalue weighted by Gasteiger charge is 2.33. The van der Waals surface area contributed by atoms with Crippen LogP contribution < -0.4 is 10.2 Å². The Hall–Kier alpha value is -3.22. The van der Waals surface area contributed by atoms with Crippen LogP contribution in [0.15, 0.2) is 42.5 Å². The molecule has 0 unspecified atom stereocenters. The van der Waals surface area contributed by atoms with Gasteiger partial charge in [0.1, 0.15) is 11.9 Å². The summed E-state index contributed by atoms with van der Waals surface area (Å²) in [5.41, 5.74) is 1.89. The minimum Gasteiger partial charge on any atom is -0.465 e. The molecule has 29 heavy (non-hydrogen) atoms. The predicted molar refractivity (Wildman–Crippen MR) is 106 cm³/mol. The molecule has 2 amide bonds. The lowest BCUT2D eigenvalue weighted by molar-refractivity contribution is -0.121. The van der Waals surface area contributed by atoms with Crippen molar-refractivity contribution in [3.63, 3.8) is 0 Å². The van der Waals surface area contributed by atoms with E-state index in [1.165, 1.54) is 25.3 Å². The summed E-state index contributed by atoms with van der Waals surface area (Å²) in [7, 11) is 1.32. The number of fused-ring (bicyclic) bond motifs is 1. The fourth-order valence-electron chi connectivity index (χ4n) is 3.42. The van der Waals surface area contributed by atoms with E-state index in [0.29, 0.717) is 24.2 Å². The van der Waals surface area contributed by atoms with Gasteiger partial charge >= 0.3 is 5.97 Å². The van der Waals surface area contributed by atoms with Crippen LogP contribution in [0.1, 0.15) is 40.1 Å². The van der Waals surface area contributed by atoms with Gasteiger partial charge in [-0.05, 0) is 48.2 Å². The van der Waals surface area contributed by atoms with Gasteiger partial charge in [0.25, 0.3) is 5.91 Å². The van der Waals surface area contributed by atoms with Gasteiger partial charge in [0.15, 0.2) is 0 Å². The van der Waals surface area contributed by atoms with E-state index in [9.17, 15) is 18.8 Å². The van der Waals surface area contributed by atoms with Gasteiger partial charge in [0.2, 0.25) is 5.91 Å². The normalized spacial score (nSPS) is 13.8. The van der Waals surface area contributed by atoms with Crippen molar-refractivity contribution >= 4 is 23.5 Å². The summed E-state index contributed by atoms with van der Waals surface area (Å²) in [5, 5.41) is 2.68. The number of rotatable bonds is 5. The minimum absolute atomic E-state index is 0.101. The van der Waals surface area contributed by atoms with Crippen molar-refractivity contribution in [3.8, 4) is 0 Å².